The average molecular weight is 125 g/mol. The number of hydrogen-bond donors (Lipinski definition) is 1. The fourth-order valence-corrected chi connectivity index (χ4v) is 1.81. The summed E-state index contributed by atoms with van der Waals surface area (Å²) in [5.41, 5.74) is 0. The lowest BCUT2D eigenvalue weighted by atomic mass is 9.78. The fraction of sp³-hybridized carbons (Fsp3) is 0.857. The Morgan fingerprint density at radius 2 is 2.11 bits per heavy atom. The van der Waals surface area contributed by atoms with Crippen LogP contribution in [0.2, 0.25) is 0 Å². The monoisotopic (exact) mass is 125 g/mol. The molecular formula is C7H11NO. The maximum Gasteiger partial charge on any atom is 0.225 e. The van der Waals surface area contributed by atoms with Crippen LogP contribution in [-0.2, 0) is 4.79 Å². The fourth-order valence-electron chi connectivity index (χ4n) is 1.81. The molecule has 2 aliphatic rings. The van der Waals surface area contributed by atoms with E-state index in [4.69, 9.17) is 0 Å². The van der Waals surface area contributed by atoms with Gasteiger partial charge in [0.1, 0.15) is 0 Å². The summed E-state index contributed by atoms with van der Waals surface area (Å²) in [7, 11) is 0. The van der Waals surface area contributed by atoms with Gasteiger partial charge in [-0.15, -0.1) is 0 Å². The molecule has 0 spiro atoms. The molecule has 0 aromatic carbocycles. The van der Waals surface area contributed by atoms with E-state index in [1.54, 1.807) is 0 Å². The standard InChI is InChI=1S/C7H11NO/c9-7-5-3-1-2-4-6(5)8-7/h5-6H,1-4H2,(H,8,9)/t5-,6?/m0/s1. The summed E-state index contributed by atoms with van der Waals surface area (Å²) in [6.07, 6.45) is 4.92. The average Bonchev–Trinajstić information content (AvgIpc) is 1.86. The molecule has 2 atom stereocenters. The molecule has 2 heteroatoms. The maximum absolute atomic E-state index is 10.8. The highest BCUT2D eigenvalue weighted by molar-refractivity contribution is 5.85. The van der Waals surface area contributed by atoms with E-state index in [2.05, 4.69) is 5.32 Å². The number of β-lactam (4-membered cyclic amide) rings is 1. The van der Waals surface area contributed by atoms with Crippen LogP contribution in [0.5, 0.6) is 0 Å². The van der Waals surface area contributed by atoms with Crippen LogP contribution in [0.1, 0.15) is 25.7 Å². The van der Waals surface area contributed by atoms with Gasteiger partial charge in [-0.05, 0) is 12.8 Å². The van der Waals surface area contributed by atoms with Gasteiger partial charge in [0.25, 0.3) is 0 Å². The summed E-state index contributed by atoms with van der Waals surface area (Å²) in [4.78, 5) is 10.8. The Balaban J connectivity index is 2.01. The molecule has 0 aromatic rings. The van der Waals surface area contributed by atoms with Crippen LogP contribution >= 0.6 is 0 Å². The van der Waals surface area contributed by atoms with Crippen LogP contribution < -0.4 is 5.32 Å². The van der Waals surface area contributed by atoms with E-state index in [0.29, 0.717) is 17.9 Å². The summed E-state index contributed by atoms with van der Waals surface area (Å²) in [5.74, 6) is 0.693. The van der Waals surface area contributed by atoms with Crippen molar-refractivity contribution in [3.63, 3.8) is 0 Å². The second-order valence-corrected chi connectivity index (χ2v) is 3.01. The summed E-state index contributed by atoms with van der Waals surface area (Å²) in [6.45, 7) is 0. The maximum atomic E-state index is 10.8. The highest BCUT2D eigenvalue weighted by Crippen LogP contribution is 2.30. The Morgan fingerprint density at radius 1 is 1.33 bits per heavy atom. The molecule has 1 aliphatic heterocycles. The van der Waals surface area contributed by atoms with Crippen molar-refractivity contribution >= 4 is 5.91 Å². The van der Waals surface area contributed by atoms with Crippen LogP contribution in [0.15, 0.2) is 0 Å². The third-order valence-electron chi connectivity index (χ3n) is 2.43. The van der Waals surface area contributed by atoms with Gasteiger partial charge in [0, 0.05) is 6.04 Å². The van der Waals surface area contributed by atoms with Crippen molar-refractivity contribution in [1.29, 1.82) is 0 Å². The topological polar surface area (TPSA) is 29.1 Å². The molecule has 1 heterocycles. The minimum absolute atomic E-state index is 0.291. The van der Waals surface area contributed by atoms with Gasteiger partial charge in [0.15, 0.2) is 0 Å². The molecule has 0 radical (unpaired) electrons. The molecule has 9 heavy (non-hydrogen) atoms. The second-order valence-electron chi connectivity index (χ2n) is 3.01. The summed E-state index contributed by atoms with van der Waals surface area (Å²) in [6, 6.07) is 0.561. The predicted octanol–water partition coefficient (Wildman–Crippen LogP) is 0.675. The van der Waals surface area contributed by atoms with Gasteiger partial charge in [-0.25, -0.2) is 0 Å². The van der Waals surface area contributed by atoms with Crippen molar-refractivity contribution in [3.8, 4) is 0 Å². The molecule has 1 saturated carbocycles. The van der Waals surface area contributed by atoms with E-state index >= 15 is 0 Å². The first-order valence-corrected chi connectivity index (χ1v) is 3.68. The van der Waals surface area contributed by atoms with Crippen LogP contribution in [0.25, 0.3) is 0 Å². The minimum Gasteiger partial charge on any atom is -0.352 e. The van der Waals surface area contributed by atoms with E-state index in [9.17, 15) is 4.79 Å². The van der Waals surface area contributed by atoms with Gasteiger partial charge in [0.2, 0.25) is 5.91 Å². The molecule has 2 fully saturated rings. The van der Waals surface area contributed by atoms with Gasteiger partial charge in [-0.3, -0.25) is 4.79 Å². The summed E-state index contributed by atoms with van der Waals surface area (Å²) >= 11 is 0. The van der Waals surface area contributed by atoms with Crippen molar-refractivity contribution < 1.29 is 4.79 Å². The summed E-state index contributed by atoms with van der Waals surface area (Å²) < 4.78 is 0. The molecule has 1 aliphatic carbocycles. The highest BCUT2D eigenvalue weighted by atomic mass is 16.2. The smallest absolute Gasteiger partial charge is 0.225 e. The summed E-state index contributed by atoms with van der Waals surface area (Å²) in [5, 5.41) is 2.91. The Hall–Kier alpha value is -0.530. The van der Waals surface area contributed by atoms with E-state index in [1.165, 1.54) is 19.3 Å². The number of nitrogens with one attached hydrogen (secondary N) is 1. The second kappa shape index (κ2) is 1.72. The van der Waals surface area contributed by atoms with E-state index in [0.717, 1.165) is 6.42 Å². The molecule has 1 amide bonds. The highest BCUT2D eigenvalue weighted by Gasteiger charge is 2.39. The minimum atomic E-state index is 0.291. The van der Waals surface area contributed by atoms with Crippen LogP contribution in [0.3, 0.4) is 0 Å². The third-order valence-corrected chi connectivity index (χ3v) is 2.43. The molecule has 50 valence electrons. The van der Waals surface area contributed by atoms with E-state index in [-0.39, 0.29) is 0 Å². The molecular weight excluding hydrogens is 114 g/mol. The molecule has 2 rings (SSSR count). The van der Waals surface area contributed by atoms with Crippen LogP contribution in [0.4, 0.5) is 0 Å². The molecule has 0 bridgehead atoms. The van der Waals surface area contributed by atoms with E-state index in [1.807, 2.05) is 0 Å². The number of rotatable bonds is 0. The largest absolute Gasteiger partial charge is 0.352 e. The van der Waals surface area contributed by atoms with Crippen LogP contribution in [0, 0.1) is 5.92 Å². The van der Waals surface area contributed by atoms with Gasteiger partial charge >= 0.3 is 0 Å². The van der Waals surface area contributed by atoms with Gasteiger partial charge < -0.3 is 5.32 Å². The zero-order valence-corrected chi connectivity index (χ0v) is 5.39. The van der Waals surface area contributed by atoms with Crippen molar-refractivity contribution in [2.45, 2.75) is 31.7 Å². The van der Waals surface area contributed by atoms with Gasteiger partial charge in [0.05, 0.1) is 5.92 Å². The molecule has 1 saturated heterocycles. The number of fused-ring (bicyclic) bond motifs is 1. The molecule has 0 aromatic heterocycles. The first-order valence-electron chi connectivity index (χ1n) is 3.68. The number of carbonyl (C=O) groups excluding carboxylic acids is 1. The van der Waals surface area contributed by atoms with Gasteiger partial charge in [-0.1, -0.05) is 12.8 Å². The molecule has 2 nitrogen and oxygen atoms in total. The lowest BCUT2D eigenvalue weighted by Crippen LogP contribution is -2.59. The SMILES string of the molecule is O=C1NC2CCCC[C@H]12. The first kappa shape index (κ1) is 5.27. The van der Waals surface area contributed by atoms with Crippen molar-refractivity contribution in [3.05, 3.63) is 0 Å². The van der Waals surface area contributed by atoms with Crippen LogP contribution in [-0.4, -0.2) is 11.9 Å². The zero-order valence-electron chi connectivity index (χ0n) is 5.39. The quantitative estimate of drug-likeness (QED) is 0.474. The van der Waals surface area contributed by atoms with Gasteiger partial charge in [-0.2, -0.15) is 0 Å². The third kappa shape index (κ3) is 0.655. The molecule has 1 unspecified atom stereocenters. The Labute approximate surface area is 54.6 Å². The van der Waals surface area contributed by atoms with Crippen molar-refractivity contribution in [2.24, 2.45) is 5.92 Å². The first-order chi connectivity index (χ1) is 4.38. The predicted molar refractivity (Wildman–Crippen MR) is 33.9 cm³/mol. The normalized spacial score (nSPS) is 40.7. The number of hydrogen-bond acceptors (Lipinski definition) is 1. The Bertz CT molecular complexity index is 144. The Kier molecular flexibility index (Phi) is 1.01. The number of carbonyl (C=O) groups is 1. The van der Waals surface area contributed by atoms with Crippen molar-refractivity contribution in [2.75, 3.05) is 0 Å². The number of amides is 1. The lowest BCUT2D eigenvalue weighted by molar-refractivity contribution is -0.136. The Morgan fingerprint density at radius 3 is 2.67 bits per heavy atom. The lowest BCUT2D eigenvalue weighted by Gasteiger charge is -2.40. The van der Waals surface area contributed by atoms with Crippen molar-refractivity contribution in [1.82, 2.24) is 5.32 Å². The zero-order chi connectivity index (χ0) is 6.27. The molecule has 1 N–H and O–H groups in total. The van der Waals surface area contributed by atoms with E-state index < -0.39 is 0 Å².